The van der Waals surface area contributed by atoms with Crippen LogP contribution in [0.4, 0.5) is 5.69 Å². The molecule has 0 saturated heterocycles. The highest BCUT2D eigenvalue weighted by Gasteiger charge is 2.15. The van der Waals surface area contributed by atoms with Crippen molar-refractivity contribution >= 4 is 38.6 Å². The van der Waals surface area contributed by atoms with E-state index in [1.165, 1.54) is 30.7 Å². The first-order valence-electron chi connectivity index (χ1n) is 7.13. The van der Waals surface area contributed by atoms with Crippen LogP contribution in [-0.4, -0.2) is 25.2 Å². The summed E-state index contributed by atoms with van der Waals surface area (Å²) < 4.78 is 30.7. The Hall–Kier alpha value is -3.20. The van der Waals surface area contributed by atoms with Crippen LogP contribution in [0.2, 0.25) is 0 Å². The molecule has 2 aromatic carbocycles. The number of hydrogen-bond donors (Lipinski definition) is 2. The van der Waals surface area contributed by atoms with Gasteiger partial charge in [-0.05, 0) is 42.5 Å². The number of hydrogen-bond acceptors (Lipinski definition) is 6. The summed E-state index contributed by atoms with van der Waals surface area (Å²) in [6.07, 6.45) is 1.29. The average molecular weight is 359 g/mol. The number of nitrogens with zero attached hydrogens (tertiary/aromatic N) is 1. The number of amides is 2. The first-order valence-corrected chi connectivity index (χ1v) is 8.61. The van der Waals surface area contributed by atoms with Gasteiger partial charge in [0.2, 0.25) is 5.91 Å². The normalized spacial score (nSPS) is 11.2. The molecule has 8 nitrogen and oxygen atoms in total. The second kappa shape index (κ2) is 6.36. The Bertz CT molecular complexity index is 1050. The molecule has 1 heterocycles. The van der Waals surface area contributed by atoms with Crippen LogP contribution in [0.3, 0.4) is 0 Å². The number of sulfonamides is 1. The predicted molar refractivity (Wildman–Crippen MR) is 89.4 cm³/mol. The van der Waals surface area contributed by atoms with Gasteiger partial charge in [0, 0.05) is 18.2 Å². The highest BCUT2D eigenvalue weighted by atomic mass is 32.2. The summed E-state index contributed by atoms with van der Waals surface area (Å²) in [6, 6.07) is 10.3. The molecule has 0 unspecified atom stereocenters. The minimum Gasteiger partial charge on any atom is -0.443 e. The molecule has 0 saturated carbocycles. The van der Waals surface area contributed by atoms with E-state index in [0.717, 1.165) is 6.92 Å². The summed E-state index contributed by atoms with van der Waals surface area (Å²) in [4.78, 5) is 27.1. The van der Waals surface area contributed by atoms with Crippen LogP contribution in [-0.2, 0) is 14.8 Å². The van der Waals surface area contributed by atoms with Crippen LogP contribution in [0.15, 0.2) is 58.2 Å². The topological polar surface area (TPSA) is 118 Å². The van der Waals surface area contributed by atoms with E-state index in [2.05, 4.69) is 10.3 Å². The zero-order chi connectivity index (χ0) is 18.0. The fourth-order valence-electron chi connectivity index (χ4n) is 2.17. The molecule has 9 heteroatoms. The molecule has 0 aliphatic rings. The summed E-state index contributed by atoms with van der Waals surface area (Å²) in [6.45, 7) is 1.11. The number of oxazole rings is 1. The summed E-state index contributed by atoms with van der Waals surface area (Å²) >= 11 is 0. The van der Waals surface area contributed by atoms with Crippen molar-refractivity contribution in [1.29, 1.82) is 0 Å². The Balaban J connectivity index is 1.76. The molecule has 2 N–H and O–H groups in total. The molecule has 25 heavy (non-hydrogen) atoms. The van der Waals surface area contributed by atoms with Gasteiger partial charge in [-0.25, -0.2) is 18.1 Å². The van der Waals surface area contributed by atoms with Gasteiger partial charge in [-0.2, -0.15) is 0 Å². The lowest BCUT2D eigenvalue weighted by molar-refractivity contribution is -0.117. The van der Waals surface area contributed by atoms with Crippen LogP contribution in [0.5, 0.6) is 0 Å². The molecule has 0 aliphatic heterocycles. The third-order valence-corrected chi connectivity index (χ3v) is 4.74. The Kier molecular flexibility index (Phi) is 4.24. The predicted octanol–water partition coefficient (Wildman–Crippen LogP) is 1.90. The monoisotopic (exact) mass is 359 g/mol. The molecule has 3 rings (SSSR count). The number of anilines is 1. The molecule has 1 aromatic heterocycles. The fourth-order valence-corrected chi connectivity index (χ4v) is 3.16. The van der Waals surface area contributed by atoms with E-state index >= 15 is 0 Å². The Morgan fingerprint density at radius 3 is 2.48 bits per heavy atom. The van der Waals surface area contributed by atoms with Crippen molar-refractivity contribution in [3.05, 3.63) is 54.4 Å². The van der Waals surface area contributed by atoms with Gasteiger partial charge in [0.15, 0.2) is 12.0 Å². The van der Waals surface area contributed by atoms with E-state index in [0.29, 0.717) is 22.4 Å². The third-order valence-electron chi connectivity index (χ3n) is 3.29. The van der Waals surface area contributed by atoms with E-state index in [4.69, 9.17) is 4.42 Å². The van der Waals surface area contributed by atoms with Gasteiger partial charge < -0.3 is 9.73 Å². The molecule has 3 aromatic rings. The van der Waals surface area contributed by atoms with Crippen molar-refractivity contribution in [2.75, 3.05) is 5.32 Å². The summed E-state index contributed by atoms with van der Waals surface area (Å²) in [5.74, 6) is -1.05. The van der Waals surface area contributed by atoms with Crippen molar-refractivity contribution < 1.29 is 22.4 Å². The molecule has 0 atom stereocenters. The maximum atomic E-state index is 12.3. The van der Waals surface area contributed by atoms with Gasteiger partial charge in [-0.3, -0.25) is 9.59 Å². The number of carbonyl (C=O) groups excluding carboxylic acids is 2. The number of benzene rings is 2. The lowest BCUT2D eigenvalue weighted by Crippen LogP contribution is -2.28. The van der Waals surface area contributed by atoms with E-state index < -0.39 is 15.9 Å². The van der Waals surface area contributed by atoms with Crippen LogP contribution in [0.1, 0.15) is 17.3 Å². The van der Waals surface area contributed by atoms with Crippen molar-refractivity contribution in [2.24, 2.45) is 0 Å². The Morgan fingerprint density at radius 1 is 1.08 bits per heavy atom. The number of rotatable bonds is 4. The molecule has 2 amide bonds. The van der Waals surface area contributed by atoms with Gasteiger partial charge in [0.25, 0.3) is 15.9 Å². The minimum absolute atomic E-state index is 0.0790. The number of carbonyl (C=O) groups is 2. The van der Waals surface area contributed by atoms with Crippen molar-refractivity contribution in [2.45, 2.75) is 11.8 Å². The Labute approximate surface area is 142 Å². The minimum atomic E-state index is -3.91. The zero-order valence-corrected chi connectivity index (χ0v) is 13.8. The van der Waals surface area contributed by atoms with Crippen molar-refractivity contribution in [3.63, 3.8) is 0 Å². The lowest BCUT2D eigenvalue weighted by Gasteiger charge is -2.08. The molecular weight excluding hydrogens is 346 g/mol. The number of fused-ring (bicyclic) bond motifs is 1. The summed E-state index contributed by atoms with van der Waals surface area (Å²) in [5, 5.41) is 2.66. The van der Waals surface area contributed by atoms with Crippen LogP contribution in [0, 0.1) is 0 Å². The standard InChI is InChI=1S/C16H13N3O5S/c1-10(20)19-25(22,23)13-5-3-12(4-6-13)18-16(21)11-2-7-15-14(8-11)17-9-24-15/h2-9H,1H3,(H,18,21)(H,19,20). The van der Waals surface area contributed by atoms with Gasteiger partial charge in [-0.15, -0.1) is 0 Å². The van der Waals surface area contributed by atoms with Crippen LogP contribution in [0.25, 0.3) is 11.1 Å². The highest BCUT2D eigenvalue weighted by molar-refractivity contribution is 7.90. The fraction of sp³-hybridized carbons (Fsp3) is 0.0625. The van der Waals surface area contributed by atoms with E-state index in [-0.39, 0.29) is 10.8 Å². The maximum absolute atomic E-state index is 12.3. The van der Waals surface area contributed by atoms with Gasteiger partial charge in [0.1, 0.15) is 5.52 Å². The van der Waals surface area contributed by atoms with E-state index in [1.807, 2.05) is 4.72 Å². The largest absolute Gasteiger partial charge is 0.443 e. The highest BCUT2D eigenvalue weighted by Crippen LogP contribution is 2.17. The van der Waals surface area contributed by atoms with Crippen molar-refractivity contribution in [1.82, 2.24) is 9.71 Å². The van der Waals surface area contributed by atoms with Crippen LogP contribution >= 0.6 is 0 Å². The van der Waals surface area contributed by atoms with Gasteiger partial charge in [-0.1, -0.05) is 0 Å². The number of aromatic nitrogens is 1. The second-order valence-corrected chi connectivity index (χ2v) is 6.86. The van der Waals surface area contributed by atoms with Gasteiger partial charge in [0.05, 0.1) is 4.90 Å². The SMILES string of the molecule is CC(=O)NS(=O)(=O)c1ccc(NC(=O)c2ccc3ocnc3c2)cc1. The van der Waals surface area contributed by atoms with Gasteiger partial charge >= 0.3 is 0 Å². The molecule has 0 fully saturated rings. The van der Waals surface area contributed by atoms with E-state index in [1.54, 1.807) is 18.2 Å². The Morgan fingerprint density at radius 2 is 1.80 bits per heavy atom. The number of nitrogens with one attached hydrogen (secondary N) is 2. The quantitative estimate of drug-likeness (QED) is 0.734. The van der Waals surface area contributed by atoms with Crippen LogP contribution < -0.4 is 10.0 Å². The molecule has 0 aliphatic carbocycles. The zero-order valence-electron chi connectivity index (χ0n) is 13.0. The average Bonchev–Trinajstić information content (AvgIpc) is 3.01. The summed E-state index contributed by atoms with van der Waals surface area (Å²) in [7, 11) is -3.91. The molecule has 0 bridgehead atoms. The first kappa shape index (κ1) is 16.7. The molecule has 128 valence electrons. The first-order chi connectivity index (χ1) is 11.8. The van der Waals surface area contributed by atoms with E-state index in [9.17, 15) is 18.0 Å². The maximum Gasteiger partial charge on any atom is 0.264 e. The third kappa shape index (κ3) is 3.66. The lowest BCUT2D eigenvalue weighted by atomic mass is 10.2. The molecular formula is C16H13N3O5S. The van der Waals surface area contributed by atoms with Crippen molar-refractivity contribution in [3.8, 4) is 0 Å². The second-order valence-electron chi connectivity index (χ2n) is 5.18. The molecule has 0 spiro atoms. The molecule has 0 radical (unpaired) electrons. The summed E-state index contributed by atoms with van der Waals surface area (Å²) in [5.41, 5.74) is 1.93. The smallest absolute Gasteiger partial charge is 0.264 e.